The number of hydrogen-bond acceptors (Lipinski definition) is 2. The molecule has 2 saturated carbocycles. The number of nitrogens with one attached hydrogen (secondary N) is 1. The van der Waals surface area contributed by atoms with Crippen LogP contribution in [0.2, 0.25) is 0 Å². The van der Waals surface area contributed by atoms with Crippen LogP contribution in [0.15, 0.2) is 0 Å². The minimum absolute atomic E-state index is 0.0856. The summed E-state index contributed by atoms with van der Waals surface area (Å²) in [5.74, 6) is 0.975. The zero-order valence-corrected chi connectivity index (χ0v) is 8.98. The van der Waals surface area contributed by atoms with Gasteiger partial charge in [-0.1, -0.05) is 6.42 Å². The zero-order valence-electron chi connectivity index (χ0n) is 8.98. The molecule has 5 unspecified atom stereocenters. The van der Waals surface area contributed by atoms with E-state index in [2.05, 4.69) is 5.32 Å². The maximum atomic E-state index is 11.0. The number of carbonyl (C=O) groups is 1. The van der Waals surface area contributed by atoms with E-state index in [1.807, 2.05) is 0 Å². The highest BCUT2D eigenvalue weighted by molar-refractivity contribution is 5.70. The van der Waals surface area contributed by atoms with Crippen LogP contribution in [0.3, 0.4) is 0 Å². The third-order valence-electron chi connectivity index (χ3n) is 4.80. The number of hydrogen-bond donors (Lipinski definition) is 2. The van der Waals surface area contributed by atoms with E-state index in [0.717, 1.165) is 31.1 Å². The van der Waals surface area contributed by atoms with Gasteiger partial charge in [-0.15, -0.1) is 0 Å². The van der Waals surface area contributed by atoms with Crippen LogP contribution in [0, 0.1) is 17.8 Å². The summed E-state index contributed by atoms with van der Waals surface area (Å²) in [7, 11) is 0. The van der Waals surface area contributed by atoms with Crippen molar-refractivity contribution >= 4 is 5.97 Å². The summed E-state index contributed by atoms with van der Waals surface area (Å²) in [5.41, 5.74) is 0. The summed E-state index contributed by atoms with van der Waals surface area (Å²) in [6.07, 6.45) is 6.96. The molecule has 1 heterocycles. The third kappa shape index (κ3) is 1.48. The fourth-order valence-electron chi connectivity index (χ4n) is 4.11. The fourth-order valence-corrected chi connectivity index (χ4v) is 4.11. The van der Waals surface area contributed by atoms with Gasteiger partial charge in [0.15, 0.2) is 0 Å². The zero-order chi connectivity index (χ0) is 10.4. The van der Waals surface area contributed by atoms with E-state index in [1.54, 1.807) is 0 Å². The topological polar surface area (TPSA) is 49.3 Å². The maximum absolute atomic E-state index is 11.0. The molecule has 3 nitrogen and oxygen atoms in total. The first kappa shape index (κ1) is 9.64. The van der Waals surface area contributed by atoms with E-state index < -0.39 is 5.97 Å². The monoisotopic (exact) mass is 209 g/mol. The summed E-state index contributed by atoms with van der Waals surface area (Å²) in [6, 6.07) is 1.22. The van der Waals surface area contributed by atoms with Crippen molar-refractivity contribution in [3.05, 3.63) is 0 Å². The first-order valence-corrected chi connectivity index (χ1v) is 6.24. The van der Waals surface area contributed by atoms with E-state index >= 15 is 0 Å². The van der Waals surface area contributed by atoms with Crippen LogP contribution in [0.4, 0.5) is 0 Å². The Morgan fingerprint density at radius 2 is 1.87 bits per heavy atom. The largest absolute Gasteiger partial charge is 0.481 e. The smallest absolute Gasteiger partial charge is 0.306 e. The van der Waals surface area contributed by atoms with Crippen LogP contribution in [-0.4, -0.2) is 23.2 Å². The molecule has 3 heteroatoms. The molecule has 2 N–H and O–H groups in total. The molecule has 0 amide bonds. The second-order valence-electron chi connectivity index (χ2n) is 5.49. The predicted octanol–water partition coefficient (Wildman–Crippen LogP) is 1.63. The van der Waals surface area contributed by atoms with Gasteiger partial charge in [-0.05, 0) is 43.9 Å². The van der Waals surface area contributed by atoms with Crippen LogP contribution >= 0.6 is 0 Å². The Hall–Kier alpha value is -0.570. The number of carboxylic acid groups (broad SMARTS) is 1. The van der Waals surface area contributed by atoms with E-state index in [-0.39, 0.29) is 5.92 Å². The number of carboxylic acids is 1. The summed E-state index contributed by atoms with van der Waals surface area (Å²) in [4.78, 5) is 11.0. The Morgan fingerprint density at radius 3 is 2.67 bits per heavy atom. The molecule has 2 aliphatic carbocycles. The van der Waals surface area contributed by atoms with Crippen molar-refractivity contribution in [2.24, 2.45) is 17.8 Å². The van der Waals surface area contributed by atoms with Gasteiger partial charge in [-0.2, -0.15) is 0 Å². The van der Waals surface area contributed by atoms with Crippen LogP contribution in [0.5, 0.6) is 0 Å². The van der Waals surface area contributed by atoms with Gasteiger partial charge in [0.25, 0.3) is 0 Å². The summed E-state index contributed by atoms with van der Waals surface area (Å²) in [6.45, 7) is 0. The minimum Gasteiger partial charge on any atom is -0.481 e. The summed E-state index contributed by atoms with van der Waals surface area (Å²) >= 11 is 0. The summed E-state index contributed by atoms with van der Waals surface area (Å²) in [5, 5.41) is 12.7. The van der Waals surface area contributed by atoms with Crippen molar-refractivity contribution in [1.29, 1.82) is 0 Å². The van der Waals surface area contributed by atoms with Crippen molar-refractivity contribution in [2.75, 3.05) is 0 Å². The molecule has 15 heavy (non-hydrogen) atoms. The normalized spacial score (nSPS) is 48.7. The molecule has 5 atom stereocenters. The quantitative estimate of drug-likeness (QED) is 0.690. The average Bonchev–Trinajstić information content (AvgIpc) is 2.75. The highest BCUT2D eigenvalue weighted by Crippen LogP contribution is 2.46. The van der Waals surface area contributed by atoms with Crippen molar-refractivity contribution in [3.63, 3.8) is 0 Å². The van der Waals surface area contributed by atoms with Gasteiger partial charge in [0, 0.05) is 12.1 Å². The average molecular weight is 209 g/mol. The Balaban J connectivity index is 1.71. The number of fused-ring (bicyclic) bond motifs is 3. The van der Waals surface area contributed by atoms with Crippen LogP contribution < -0.4 is 5.32 Å². The first-order valence-electron chi connectivity index (χ1n) is 6.24. The molecule has 3 rings (SSSR count). The van der Waals surface area contributed by atoms with Gasteiger partial charge < -0.3 is 10.4 Å². The van der Waals surface area contributed by atoms with Crippen molar-refractivity contribution < 1.29 is 9.90 Å². The maximum Gasteiger partial charge on any atom is 0.306 e. The van der Waals surface area contributed by atoms with Crippen molar-refractivity contribution in [1.82, 2.24) is 5.32 Å². The second kappa shape index (κ2) is 3.48. The lowest BCUT2D eigenvalue weighted by atomic mass is 9.74. The molecular formula is C12H19NO2. The molecule has 0 spiro atoms. The molecule has 3 aliphatic rings. The Bertz CT molecular complexity index is 279. The molecule has 0 aromatic rings. The highest BCUT2D eigenvalue weighted by atomic mass is 16.4. The SMILES string of the molecule is O=C(O)C1CCC2C(C1)NC1CCCC12. The molecule has 1 aliphatic heterocycles. The Labute approximate surface area is 90.2 Å². The first-order chi connectivity index (χ1) is 7.25. The molecule has 0 radical (unpaired) electrons. The van der Waals surface area contributed by atoms with E-state index in [4.69, 9.17) is 5.11 Å². The Kier molecular flexibility index (Phi) is 2.23. The molecule has 1 saturated heterocycles. The van der Waals surface area contributed by atoms with E-state index in [0.29, 0.717) is 12.1 Å². The molecular weight excluding hydrogens is 190 g/mol. The molecule has 84 valence electrons. The minimum atomic E-state index is -0.590. The number of aliphatic carboxylic acids is 1. The van der Waals surface area contributed by atoms with Gasteiger partial charge in [0.1, 0.15) is 0 Å². The van der Waals surface area contributed by atoms with E-state index in [1.165, 1.54) is 19.3 Å². The highest BCUT2D eigenvalue weighted by Gasteiger charge is 2.47. The van der Waals surface area contributed by atoms with Gasteiger partial charge in [0.2, 0.25) is 0 Å². The second-order valence-corrected chi connectivity index (χ2v) is 5.49. The Morgan fingerprint density at radius 1 is 1.07 bits per heavy atom. The van der Waals surface area contributed by atoms with Crippen LogP contribution in [0.1, 0.15) is 38.5 Å². The fraction of sp³-hybridized carbons (Fsp3) is 0.917. The van der Waals surface area contributed by atoms with Gasteiger partial charge in [0.05, 0.1) is 5.92 Å². The molecule has 3 fully saturated rings. The molecule has 0 aromatic carbocycles. The van der Waals surface area contributed by atoms with Gasteiger partial charge in [-0.25, -0.2) is 0 Å². The standard InChI is InChI=1S/C12H19NO2/c14-12(15)7-4-5-9-8-2-1-3-10(8)13-11(9)6-7/h7-11,13H,1-6H2,(H,14,15). The molecule has 0 bridgehead atoms. The summed E-state index contributed by atoms with van der Waals surface area (Å²) < 4.78 is 0. The predicted molar refractivity (Wildman–Crippen MR) is 56.5 cm³/mol. The lowest BCUT2D eigenvalue weighted by molar-refractivity contribution is -0.143. The molecule has 0 aromatic heterocycles. The van der Waals surface area contributed by atoms with Crippen LogP contribution in [0.25, 0.3) is 0 Å². The van der Waals surface area contributed by atoms with Crippen molar-refractivity contribution in [2.45, 2.75) is 50.6 Å². The van der Waals surface area contributed by atoms with Gasteiger partial charge in [-0.3, -0.25) is 4.79 Å². The van der Waals surface area contributed by atoms with Gasteiger partial charge >= 0.3 is 5.97 Å². The third-order valence-corrected chi connectivity index (χ3v) is 4.80. The lowest BCUT2D eigenvalue weighted by Crippen LogP contribution is -2.38. The van der Waals surface area contributed by atoms with Crippen molar-refractivity contribution in [3.8, 4) is 0 Å². The lowest BCUT2D eigenvalue weighted by Gasteiger charge is -2.31. The number of rotatable bonds is 1. The van der Waals surface area contributed by atoms with E-state index in [9.17, 15) is 4.79 Å². The van der Waals surface area contributed by atoms with Crippen LogP contribution in [-0.2, 0) is 4.79 Å².